The van der Waals surface area contributed by atoms with Gasteiger partial charge in [-0.3, -0.25) is 4.57 Å². The topological polar surface area (TPSA) is 36.3 Å². The molecule has 1 fully saturated rings. The first-order valence-corrected chi connectivity index (χ1v) is 13.8. The van der Waals surface area contributed by atoms with Crippen molar-refractivity contribution in [1.82, 2.24) is 9.55 Å². The Bertz CT molecular complexity index is 1840. The zero-order valence-corrected chi connectivity index (χ0v) is 23.3. The van der Waals surface area contributed by atoms with E-state index in [1.54, 1.807) is 0 Å². The standard InChI is InChI=1S/C35H31BN2O2/c1-34(2)35(3,4)40-36(39-34)30-23-22-27(28-14-8-9-15-29(28)30)24-18-20-25(21-19-24)33-37-31-16-10-11-17-32(31)38(33)26-12-6-5-7-13-26/h5-23H,1-4H3. The maximum atomic E-state index is 6.41. The second kappa shape index (κ2) is 9.19. The summed E-state index contributed by atoms with van der Waals surface area (Å²) < 4.78 is 15.1. The average Bonchev–Trinajstić information content (AvgIpc) is 3.46. The molecule has 0 amide bonds. The van der Waals surface area contributed by atoms with Crippen molar-refractivity contribution in [2.75, 3.05) is 0 Å². The van der Waals surface area contributed by atoms with Gasteiger partial charge in [-0.2, -0.15) is 0 Å². The van der Waals surface area contributed by atoms with E-state index in [-0.39, 0.29) is 11.2 Å². The average molecular weight is 522 g/mol. The van der Waals surface area contributed by atoms with Gasteiger partial charge in [-0.25, -0.2) is 4.98 Å². The van der Waals surface area contributed by atoms with Gasteiger partial charge in [-0.1, -0.05) is 91.0 Å². The summed E-state index contributed by atoms with van der Waals surface area (Å²) in [6, 6.07) is 40.3. The van der Waals surface area contributed by atoms with Crippen molar-refractivity contribution in [3.63, 3.8) is 0 Å². The van der Waals surface area contributed by atoms with Crippen molar-refractivity contribution in [3.8, 4) is 28.2 Å². The van der Waals surface area contributed by atoms with Gasteiger partial charge in [0.1, 0.15) is 5.82 Å². The first kappa shape index (κ1) is 24.8. The van der Waals surface area contributed by atoms with Crippen LogP contribution >= 0.6 is 0 Å². The van der Waals surface area contributed by atoms with Gasteiger partial charge in [0.2, 0.25) is 0 Å². The zero-order valence-electron chi connectivity index (χ0n) is 23.3. The van der Waals surface area contributed by atoms with E-state index in [1.165, 1.54) is 10.9 Å². The Hall–Kier alpha value is -4.19. The quantitative estimate of drug-likeness (QED) is 0.222. The molecule has 196 valence electrons. The van der Waals surface area contributed by atoms with Gasteiger partial charge >= 0.3 is 7.12 Å². The summed E-state index contributed by atoms with van der Waals surface area (Å²) in [6.07, 6.45) is 0. The number of imidazole rings is 1. The van der Waals surface area contributed by atoms with Crippen molar-refractivity contribution in [2.24, 2.45) is 0 Å². The van der Waals surface area contributed by atoms with E-state index in [0.717, 1.165) is 44.5 Å². The van der Waals surface area contributed by atoms with E-state index in [2.05, 4.69) is 135 Å². The molecule has 0 aliphatic carbocycles. The highest BCUT2D eigenvalue weighted by Crippen LogP contribution is 2.38. The molecule has 0 bridgehead atoms. The summed E-state index contributed by atoms with van der Waals surface area (Å²) in [6.45, 7) is 8.38. The maximum absolute atomic E-state index is 6.41. The van der Waals surface area contributed by atoms with Crippen LogP contribution in [0, 0.1) is 0 Å². The molecule has 1 aliphatic rings. The van der Waals surface area contributed by atoms with Crippen LogP contribution in [0.1, 0.15) is 27.7 Å². The Labute approximate surface area is 235 Å². The number of para-hydroxylation sites is 3. The van der Waals surface area contributed by atoms with Crippen LogP contribution in [0.3, 0.4) is 0 Å². The molecule has 0 atom stereocenters. The van der Waals surface area contributed by atoms with Gasteiger partial charge in [0.05, 0.1) is 22.2 Å². The second-order valence-corrected chi connectivity index (χ2v) is 11.5. The van der Waals surface area contributed by atoms with Crippen LogP contribution in [0.2, 0.25) is 0 Å². The molecular formula is C35H31BN2O2. The van der Waals surface area contributed by atoms with E-state index in [9.17, 15) is 0 Å². The fraction of sp³-hybridized carbons (Fsp3) is 0.171. The highest BCUT2D eigenvalue weighted by atomic mass is 16.7. The van der Waals surface area contributed by atoms with E-state index in [0.29, 0.717) is 0 Å². The first-order chi connectivity index (χ1) is 19.3. The minimum atomic E-state index is -0.405. The maximum Gasteiger partial charge on any atom is 0.495 e. The lowest BCUT2D eigenvalue weighted by Gasteiger charge is -2.32. The molecule has 1 aromatic heterocycles. The van der Waals surface area contributed by atoms with E-state index < -0.39 is 7.12 Å². The molecule has 4 nitrogen and oxygen atoms in total. The Kier molecular flexibility index (Phi) is 5.70. The second-order valence-electron chi connectivity index (χ2n) is 11.5. The molecule has 2 heterocycles. The minimum absolute atomic E-state index is 0.385. The monoisotopic (exact) mass is 522 g/mol. The molecule has 0 spiro atoms. The summed E-state index contributed by atoms with van der Waals surface area (Å²) in [5.41, 5.74) is 6.87. The predicted octanol–water partition coefficient (Wildman–Crippen LogP) is 7.81. The lowest BCUT2D eigenvalue weighted by Crippen LogP contribution is -2.41. The largest absolute Gasteiger partial charge is 0.495 e. The van der Waals surface area contributed by atoms with Crippen LogP contribution in [-0.2, 0) is 9.31 Å². The third kappa shape index (κ3) is 3.97. The van der Waals surface area contributed by atoms with Crippen LogP contribution in [0.15, 0.2) is 115 Å². The zero-order chi connectivity index (χ0) is 27.5. The molecule has 5 aromatic carbocycles. The van der Waals surface area contributed by atoms with Crippen LogP contribution < -0.4 is 5.46 Å². The number of hydrogen-bond donors (Lipinski definition) is 0. The molecule has 1 aliphatic heterocycles. The minimum Gasteiger partial charge on any atom is -0.399 e. The summed E-state index contributed by atoms with van der Waals surface area (Å²) in [4.78, 5) is 5.03. The fourth-order valence-electron chi connectivity index (χ4n) is 5.61. The molecule has 1 saturated heterocycles. The highest BCUT2D eigenvalue weighted by Gasteiger charge is 2.52. The first-order valence-electron chi connectivity index (χ1n) is 13.8. The Balaban J connectivity index is 1.30. The highest BCUT2D eigenvalue weighted by molar-refractivity contribution is 6.65. The molecule has 0 radical (unpaired) electrons. The third-order valence-electron chi connectivity index (χ3n) is 8.49. The number of hydrogen-bond acceptors (Lipinski definition) is 3. The summed E-state index contributed by atoms with van der Waals surface area (Å²) in [7, 11) is -0.405. The third-order valence-corrected chi connectivity index (χ3v) is 8.49. The Morgan fingerprint density at radius 2 is 1.20 bits per heavy atom. The number of rotatable bonds is 4. The normalized spacial score (nSPS) is 16.1. The smallest absolute Gasteiger partial charge is 0.399 e. The SMILES string of the molecule is CC1(C)OB(c2ccc(-c3ccc(-c4nc5ccccc5n4-c4ccccc4)cc3)c3ccccc23)OC1(C)C. The van der Waals surface area contributed by atoms with Gasteiger partial charge in [0.25, 0.3) is 0 Å². The van der Waals surface area contributed by atoms with Gasteiger partial charge < -0.3 is 9.31 Å². The number of benzene rings is 5. The Morgan fingerprint density at radius 3 is 1.93 bits per heavy atom. The molecule has 6 aromatic rings. The van der Waals surface area contributed by atoms with Crippen molar-refractivity contribution in [2.45, 2.75) is 38.9 Å². The van der Waals surface area contributed by atoms with E-state index in [1.807, 2.05) is 12.1 Å². The van der Waals surface area contributed by atoms with Crippen molar-refractivity contribution < 1.29 is 9.31 Å². The molecular weight excluding hydrogens is 491 g/mol. The van der Waals surface area contributed by atoms with E-state index in [4.69, 9.17) is 14.3 Å². The lowest BCUT2D eigenvalue weighted by molar-refractivity contribution is 0.00578. The van der Waals surface area contributed by atoms with Gasteiger partial charge in [-0.15, -0.1) is 0 Å². The van der Waals surface area contributed by atoms with Crippen LogP contribution in [0.25, 0.3) is 50.0 Å². The summed E-state index contributed by atoms with van der Waals surface area (Å²) >= 11 is 0. The predicted molar refractivity (Wildman–Crippen MR) is 165 cm³/mol. The van der Waals surface area contributed by atoms with Crippen molar-refractivity contribution in [3.05, 3.63) is 115 Å². The Morgan fingerprint density at radius 1 is 0.600 bits per heavy atom. The van der Waals surface area contributed by atoms with Crippen molar-refractivity contribution >= 4 is 34.4 Å². The summed E-state index contributed by atoms with van der Waals surface area (Å²) in [5, 5.41) is 2.33. The molecule has 0 saturated carbocycles. The molecule has 7 rings (SSSR count). The van der Waals surface area contributed by atoms with Crippen molar-refractivity contribution in [1.29, 1.82) is 0 Å². The molecule has 5 heteroatoms. The van der Waals surface area contributed by atoms with Crippen LogP contribution in [-0.4, -0.2) is 27.9 Å². The number of nitrogens with zero attached hydrogens (tertiary/aromatic N) is 2. The van der Waals surface area contributed by atoms with E-state index >= 15 is 0 Å². The molecule has 40 heavy (non-hydrogen) atoms. The van der Waals surface area contributed by atoms with Gasteiger partial charge in [0, 0.05) is 11.3 Å². The summed E-state index contributed by atoms with van der Waals surface area (Å²) in [5.74, 6) is 0.930. The van der Waals surface area contributed by atoms with Gasteiger partial charge in [0.15, 0.2) is 0 Å². The van der Waals surface area contributed by atoms with Crippen LogP contribution in [0.4, 0.5) is 0 Å². The molecule has 0 N–H and O–H groups in total. The van der Waals surface area contributed by atoms with Crippen LogP contribution in [0.5, 0.6) is 0 Å². The lowest BCUT2D eigenvalue weighted by atomic mass is 9.75. The molecule has 0 unspecified atom stereocenters. The fourth-order valence-corrected chi connectivity index (χ4v) is 5.61. The number of fused-ring (bicyclic) bond motifs is 2. The number of aromatic nitrogens is 2. The van der Waals surface area contributed by atoms with Gasteiger partial charge in [-0.05, 0) is 79.3 Å².